The number of carbonyl (C=O) groups excluding carboxylic acids is 1. The molecule has 0 aliphatic rings. The second-order valence-corrected chi connectivity index (χ2v) is 1.51. The highest BCUT2D eigenvalue weighted by Gasteiger charge is 1.89. The first kappa shape index (κ1) is 7.95. The van der Waals surface area contributed by atoms with Gasteiger partial charge in [-0.15, -0.1) is 6.58 Å². The molecular formula is C7H10NO. The number of hydrogen-bond acceptors (Lipinski definition) is 1. The topological polar surface area (TPSA) is 20.3 Å². The maximum absolute atomic E-state index is 9.99. The van der Waals surface area contributed by atoms with Gasteiger partial charge < -0.3 is 4.90 Å². The van der Waals surface area contributed by atoms with Crippen LogP contribution in [0, 0.1) is 0 Å². The number of allylic oxidation sites excluding steroid dienone is 1. The highest BCUT2D eigenvalue weighted by atomic mass is 16.1. The molecule has 0 atom stereocenters. The van der Waals surface area contributed by atoms with Gasteiger partial charge in [-0.1, -0.05) is 12.2 Å². The third-order valence-electron chi connectivity index (χ3n) is 0.772. The zero-order valence-corrected chi connectivity index (χ0v) is 5.50. The summed E-state index contributed by atoms with van der Waals surface area (Å²) in [4.78, 5) is 11.4. The van der Waals surface area contributed by atoms with Crippen LogP contribution in [-0.2, 0) is 4.79 Å². The molecule has 0 aliphatic heterocycles. The molecule has 0 heterocycles. The summed E-state index contributed by atoms with van der Waals surface area (Å²) in [6, 6.07) is 0. The molecule has 0 spiro atoms. The van der Waals surface area contributed by atoms with Crippen molar-refractivity contribution in [2.75, 3.05) is 6.54 Å². The fourth-order valence-corrected chi connectivity index (χ4v) is 0.448. The molecule has 1 radical (unpaired) electrons. The molecule has 0 saturated carbocycles. The summed E-state index contributed by atoms with van der Waals surface area (Å²) in [5, 5.41) is 0. The summed E-state index contributed by atoms with van der Waals surface area (Å²) in [5.41, 5.74) is 0. The lowest BCUT2D eigenvalue weighted by molar-refractivity contribution is 0.483. The Morgan fingerprint density at radius 2 is 2.44 bits per heavy atom. The van der Waals surface area contributed by atoms with E-state index >= 15 is 0 Å². The molecule has 49 valence electrons. The van der Waals surface area contributed by atoms with Crippen LogP contribution in [0.25, 0.3) is 0 Å². The van der Waals surface area contributed by atoms with E-state index in [0.717, 1.165) is 0 Å². The van der Waals surface area contributed by atoms with Crippen molar-refractivity contribution < 1.29 is 4.79 Å². The van der Waals surface area contributed by atoms with Gasteiger partial charge in [-0.2, -0.15) is 0 Å². The van der Waals surface area contributed by atoms with Crippen molar-refractivity contribution in [2.24, 2.45) is 0 Å². The van der Waals surface area contributed by atoms with Crippen LogP contribution in [0.3, 0.4) is 0 Å². The number of rotatable bonds is 4. The third-order valence-corrected chi connectivity index (χ3v) is 0.772. The zero-order chi connectivity index (χ0) is 7.11. The summed E-state index contributed by atoms with van der Waals surface area (Å²) < 4.78 is 0. The molecule has 0 saturated heterocycles. The molecular weight excluding hydrogens is 114 g/mol. The Bertz CT molecular complexity index is 118. The van der Waals surface area contributed by atoms with E-state index in [9.17, 15) is 4.79 Å². The minimum absolute atomic E-state index is 0.522. The van der Waals surface area contributed by atoms with Gasteiger partial charge in [0.25, 0.3) is 0 Å². The molecule has 2 heteroatoms. The first-order valence-corrected chi connectivity index (χ1v) is 2.73. The maximum atomic E-state index is 9.99. The second-order valence-electron chi connectivity index (χ2n) is 1.51. The lowest BCUT2D eigenvalue weighted by atomic mass is 10.5. The van der Waals surface area contributed by atoms with Gasteiger partial charge in [0.05, 0.1) is 0 Å². The predicted octanol–water partition coefficient (Wildman–Crippen LogP) is 1.08. The van der Waals surface area contributed by atoms with E-state index in [1.807, 2.05) is 6.92 Å². The van der Waals surface area contributed by atoms with Crippen molar-refractivity contribution in [2.45, 2.75) is 6.92 Å². The van der Waals surface area contributed by atoms with Gasteiger partial charge in [0.2, 0.25) is 0 Å². The predicted molar refractivity (Wildman–Crippen MR) is 37.4 cm³/mol. The van der Waals surface area contributed by atoms with Gasteiger partial charge >= 0.3 is 6.41 Å². The van der Waals surface area contributed by atoms with Crippen molar-refractivity contribution in [3.05, 3.63) is 24.9 Å². The van der Waals surface area contributed by atoms with E-state index in [0.29, 0.717) is 6.54 Å². The number of nitrogens with zero attached hydrogens (tertiary/aromatic N) is 1. The quantitative estimate of drug-likeness (QED) is 0.405. The lowest BCUT2D eigenvalue weighted by Crippen LogP contribution is -2.13. The Labute approximate surface area is 55.5 Å². The Kier molecular flexibility index (Phi) is 4.50. The highest BCUT2D eigenvalue weighted by Crippen LogP contribution is 1.83. The van der Waals surface area contributed by atoms with Gasteiger partial charge in [0.1, 0.15) is 0 Å². The van der Waals surface area contributed by atoms with E-state index in [2.05, 4.69) is 6.58 Å². The molecule has 0 aromatic rings. The molecule has 0 aliphatic carbocycles. The summed E-state index contributed by atoms with van der Waals surface area (Å²) in [5.74, 6) is 0. The molecule has 1 amide bonds. The van der Waals surface area contributed by atoms with Crippen molar-refractivity contribution in [3.63, 3.8) is 0 Å². The van der Waals surface area contributed by atoms with E-state index < -0.39 is 0 Å². The van der Waals surface area contributed by atoms with Gasteiger partial charge in [-0.3, -0.25) is 4.79 Å². The summed E-state index contributed by atoms with van der Waals surface area (Å²) in [6.07, 6.45) is 6.79. The van der Waals surface area contributed by atoms with E-state index in [1.54, 1.807) is 24.8 Å². The third kappa shape index (κ3) is 3.53. The van der Waals surface area contributed by atoms with Crippen LogP contribution in [0.1, 0.15) is 6.92 Å². The second kappa shape index (κ2) is 5.09. The van der Waals surface area contributed by atoms with Crippen LogP contribution in [0.15, 0.2) is 24.9 Å². The van der Waals surface area contributed by atoms with Crippen LogP contribution in [0.5, 0.6) is 0 Å². The smallest absolute Gasteiger partial charge is 0.307 e. The van der Waals surface area contributed by atoms with Crippen molar-refractivity contribution in [3.8, 4) is 0 Å². The summed E-state index contributed by atoms with van der Waals surface area (Å²) in [7, 11) is 0. The Hall–Kier alpha value is -1.05. The van der Waals surface area contributed by atoms with E-state index in [4.69, 9.17) is 0 Å². The van der Waals surface area contributed by atoms with E-state index in [-0.39, 0.29) is 0 Å². The van der Waals surface area contributed by atoms with Gasteiger partial charge in [0, 0.05) is 12.7 Å². The number of amides is 1. The van der Waals surface area contributed by atoms with Crippen LogP contribution in [0.2, 0.25) is 0 Å². The Balaban J connectivity index is 3.66. The Morgan fingerprint density at radius 1 is 1.78 bits per heavy atom. The van der Waals surface area contributed by atoms with Crippen molar-refractivity contribution in [1.82, 2.24) is 4.90 Å². The van der Waals surface area contributed by atoms with Crippen LogP contribution in [-0.4, -0.2) is 17.9 Å². The molecule has 0 fully saturated rings. The fourth-order valence-electron chi connectivity index (χ4n) is 0.448. The molecule has 2 nitrogen and oxygen atoms in total. The van der Waals surface area contributed by atoms with Gasteiger partial charge in [0.15, 0.2) is 0 Å². The minimum Gasteiger partial charge on any atom is -0.307 e. The Morgan fingerprint density at radius 3 is 2.78 bits per heavy atom. The normalized spacial score (nSPS) is 9.44. The molecule has 9 heavy (non-hydrogen) atoms. The average molecular weight is 124 g/mol. The van der Waals surface area contributed by atoms with Gasteiger partial charge in [-0.05, 0) is 6.92 Å². The fraction of sp³-hybridized carbons (Fsp3) is 0.286. The zero-order valence-electron chi connectivity index (χ0n) is 5.50. The lowest BCUT2D eigenvalue weighted by Gasteiger charge is -2.04. The first-order chi connectivity index (χ1) is 4.35. The summed E-state index contributed by atoms with van der Waals surface area (Å²) >= 11 is 0. The standard InChI is InChI=1S/C7H10NO/c1-3-5-8(7-9)6-4-2/h3-4,6H,1,5H2,2H3. The van der Waals surface area contributed by atoms with Crippen LogP contribution < -0.4 is 0 Å². The largest absolute Gasteiger partial charge is 0.316 e. The number of hydrogen-bond donors (Lipinski definition) is 0. The molecule has 0 aromatic heterocycles. The van der Waals surface area contributed by atoms with E-state index in [1.165, 1.54) is 4.90 Å². The van der Waals surface area contributed by atoms with Crippen molar-refractivity contribution in [1.29, 1.82) is 0 Å². The SMILES string of the molecule is C=CCN([C]=O)C=CC. The van der Waals surface area contributed by atoms with Crippen LogP contribution in [0.4, 0.5) is 0 Å². The summed E-state index contributed by atoms with van der Waals surface area (Å²) in [6.45, 7) is 5.84. The molecule has 0 N–H and O–H groups in total. The molecule has 0 rings (SSSR count). The monoisotopic (exact) mass is 124 g/mol. The molecule has 0 aromatic carbocycles. The molecule has 0 unspecified atom stereocenters. The molecule has 0 bridgehead atoms. The first-order valence-electron chi connectivity index (χ1n) is 2.73. The van der Waals surface area contributed by atoms with Gasteiger partial charge in [-0.25, -0.2) is 0 Å². The highest BCUT2D eigenvalue weighted by molar-refractivity contribution is 5.50. The maximum Gasteiger partial charge on any atom is 0.316 e. The van der Waals surface area contributed by atoms with Crippen molar-refractivity contribution >= 4 is 6.41 Å². The minimum atomic E-state index is 0.522. The van der Waals surface area contributed by atoms with Crippen LogP contribution >= 0.6 is 0 Å². The average Bonchev–Trinajstić information content (AvgIpc) is 1.88.